The van der Waals surface area contributed by atoms with Gasteiger partial charge in [0.1, 0.15) is 11.5 Å². The van der Waals surface area contributed by atoms with Crippen molar-refractivity contribution in [2.45, 2.75) is 49.3 Å². The third kappa shape index (κ3) is 4.95. The summed E-state index contributed by atoms with van der Waals surface area (Å²) in [5.74, 6) is -2.67. The molecule has 1 saturated carbocycles. The van der Waals surface area contributed by atoms with Crippen LogP contribution in [0.25, 0.3) is 0 Å². The van der Waals surface area contributed by atoms with Gasteiger partial charge in [-0.15, -0.1) is 0 Å². The number of carboxylic acid groups (broad SMARTS) is 1. The molecule has 3 rings (SSSR count). The number of hydrogen-bond donors (Lipinski definition) is 1. The highest BCUT2D eigenvalue weighted by molar-refractivity contribution is 8.16. The lowest BCUT2D eigenvalue weighted by Crippen LogP contribution is -2.47. The Morgan fingerprint density at radius 1 is 1.30 bits per heavy atom. The second-order valence-electron chi connectivity index (χ2n) is 10.1. The fraction of sp³-hybridized carbons (Fsp3) is 0.591. The molecule has 1 N–H and O–H groups in total. The lowest BCUT2D eigenvalue weighted by Gasteiger charge is -2.37. The number of rotatable bonds is 7. The van der Waals surface area contributed by atoms with Gasteiger partial charge < -0.3 is 14.7 Å². The number of amidine groups is 1. The Morgan fingerprint density at radius 2 is 1.97 bits per heavy atom. The monoisotopic (exact) mass is 499 g/mol. The summed E-state index contributed by atoms with van der Waals surface area (Å²) in [6, 6.07) is 4.71. The van der Waals surface area contributed by atoms with E-state index in [-0.39, 0.29) is 23.4 Å². The molecule has 1 aromatic carbocycles. The van der Waals surface area contributed by atoms with Crippen molar-refractivity contribution in [2.75, 3.05) is 27.4 Å². The summed E-state index contributed by atoms with van der Waals surface area (Å²) in [7, 11) is 1.86. The van der Waals surface area contributed by atoms with E-state index < -0.39 is 42.0 Å². The minimum absolute atomic E-state index is 0.00345. The van der Waals surface area contributed by atoms with Gasteiger partial charge in [-0.25, -0.2) is 18.5 Å². The summed E-state index contributed by atoms with van der Waals surface area (Å²) in [5, 5.41) is 9.93. The van der Waals surface area contributed by atoms with Gasteiger partial charge in [-0.2, -0.15) is 0 Å². The molecule has 0 aromatic heterocycles. The number of carbonyl (C=O) groups is 2. The molecule has 0 radical (unpaired) electrons. The summed E-state index contributed by atoms with van der Waals surface area (Å²) >= 11 is 1.07. The molecule has 0 saturated heterocycles. The van der Waals surface area contributed by atoms with Gasteiger partial charge in [-0.05, 0) is 25.5 Å². The first-order chi connectivity index (χ1) is 15.2. The van der Waals surface area contributed by atoms with Gasteiger partial charge >= 0.3 is 6.09 Å². The number of benzene rings is 1. The van der Waals surface area contributed by atoms with E-state index >= 15 is 0 Å². The molecule has 1 fully saturated rings. The zero-order valence-corrected chi connectivity index (χ0v) is 21.6. The Bertz CT molecular complexity index is 987. The number of carbonyl (C=O) groups excluding carboxylic acids is 1. The van der Waals surface area contributed by atoms with Crippen LogP contribution in [0, 0.1) is 17.6 Å². The van der Waals surface area contributed by atoms with E-state index in [1.54, 1.807) is 21.0 Å². The van der Waals surface area contributed by atoms with Crippen LogP contribution in [0.5, 0.6) is 0 Å². The van der Waals surface area contributed by atoms with Crippen molar-refractivity contribution < 1.29 is 28.2 Å². The van der Waals surface area contributed by atoms with Gasteiger partial charge in [0.15, 0.2) is 16.8 Å². The van der Waals surface area contributed by atoms with Gasteiger partial charge in [0.2, 0.25) is 5.91 Å². The first kappa shape index (κ1) is 25.6. The van der Waals surface area contributed by atoms with Crippen LogP contribution in [0.15, 0.2) is 23.2 Å². The molecule has 7 nitrogen and oxygen atoms in total. The maximum absolute atomic E-state index is 14.9. The second kappa shape index (κ2) is 8.99. The summed E-state index contributed by atoms with van der Waals surface area (Å²) in [5.41, 5.74) is -1.31. The van der Waals surface area contributed by atoms with E-state index in [0.717, 1.165) is 28.8 Å². The molecule has 1 aliphatic heterocycles. The van der Waals surface area contributed by atoms with Crippen LogP contribution in [-0.4, -0.2) is 72.3 Å². The van der Waals surface area contributed by atoms with Crippen LogP contribution < -0.4 is 0 Å². The summed E-state index contributed by atoms with van der Waals surface area (Å²) in [4.78, 5) is 32.3. The standard InChI is InChI=1S/C22H31F2N3O4SSi/c1-21(14-8-7-9-15(23)17(14)24)16-12-22(16,18(28)26(2)3)32-19(25-21)27(20(29)30)13-31-10-11-33(4,5)6/h7-9,16H,10-13H2,1-6H3,(H,29,30)/t16-,21+,22-/m0/s1. The van der Waals surface area contributed by atoms with Crippen molar-refractivity contribution in [1.82, 2.24) is 9.80 Å². The molecule has 33 heavy (non-hydrogen) atoms. The number of ether oxygens (including phenoxy) is 1. The lowest BCUT2D eigenvalue weighted by molar-refractivity contribution is -0.129. The zero-order valence-electron chi connectivity index (χ0n) is 19.8. The van der Waals surface area contributed by atoms with E-state index in [1.807, 2.05) is 0 Å². The number of fused-ring (bicyclic) bond motifs is 1. The predicted octanol–water partition coefficient (Wildman–Crippen LogP) is 4.42. The van der Waals surface area contributed by atoms with E-state index in [0.29, 0.717) is 13.0 Å². The highest BCUT2D eigenvalue weighted by atomic mass is 32.2. The first-order valence-corrected chi connectivity index (χ1v) is 15.3. The van der Waals surface area contributed by atoms with Crippen molar-refractivity contribution in [3.05, 3.63) is 35.4 Å². The van der Waals surface area contributed by atoms with Crippen molar-refractivity contribution in [1.29, 1.82) is 0 Å². The molecule has 1 aromatic rings. The third-order valence-corrected chi connectivity index (χ3v) is 9.32. The molecule has 1 aliphatic carbocycles. The lowest BCUT2D eigenvalue weighted by atomic mass is 9.85. The van der Waals surface area contributed by atoms with Gasteiger partial charge in [0.05, 0.1) is 5.54 Å². The van der Waals surface area contributed by atoms with Gasteiger partial charge in [0, 0.05) is 40.3 Å². The molecule has 1 heterocycles. The fourth-order valence-electron chi connectivity index (χ4n) is 4.12. The first-order valence-electron chi connectivity index (χ1n) is 10.8. The van der Waals surface area contributed by atoms with E-state index in [2.05, 4.69) is 24.6 Å². The van der Waals surface area contributed by atoms with Crippen molar-refractivity contribution in [2.24, 2.45) is 10.9 Å². The Kier molecular flexibility index (Phi) is 6.99. The third-order valence-electron chi connectivity index (χ3n) is 6.13. The molecular formula is C22H31F2N3O4SSi. The Balaban J connectivity index is 2.00. The van der Waals surface area contributed by atoms with E-state index in [9.17, 15) is 23.5 Å². The average molecular weight is 500 g/mol. The van der Waals surface area contributed by atoms with Crippen molar-refractivity contribution >= 4 is 37.0 Å². The molecular weight excluding hydrogens is 468 g/mol. The van der Waals surface area contributed by atoms with Crippen LogP contribution in [0.1, 0.15) is 18.9 Å². The van der Waals surface area contributed by atoms with Gasteiger partial charge in [0.25, 0.3) is 0 Å². The summed E-state index contributed by atoms with van der Waals surface area (Å²) < 4.78 is 33.6. The van der Waals surface area contributed by atoms with Crippen molar-refractivity contribution in [3.8, 4) is 0 Å². The fourth-order valence-corrected chi connectivity index (χ4v) is 6.57. The van der Waals surface area contributed by atoms with Crippen LogP contribution in [0.3, 0.4) is 0 Å². The zero-order chi connectivity index (χ0) is 24.8. The SMILES string of the molecule is CN(C)C(=O)[C@]12C[C@H]1[C@@](C)(c1cccc(F)c1F)N=C(N(COCC[Si](C)(C)C)C(=O)O)S2. The number of nitrogens with zero attached hydrogens (tertiary/aromatic N) is 3. The average Bonchev–Trinajstić information content (AvgIpc) is 3.45. The largest absolute Gasteiger partial charge is 0.465 e. The Hall–Kier alpha value is -1.98. The Labute approximate surface area is 198 Å². The second-order valence-corrected chi connectivity index (χ2v) is 17.1. The highest BCUT2D eigenvalue weighted by Gasteiger charge is 2.71. The number of amides is 2. The maximum Gasteiger partial charge on any atom is 0.415 e. The highest BCUT2D eigenvalue weighted by Crippen LogP contribution is 2.67. The Morgan fingerprint density at radius 3 is 2.55 bits per heavy atom. The molecule has 2 aliphatic rings. The van der Waals surface area contributed by atoms with Crippen molar-refractivity contribution in [3.63, 3.8) is 0 Å². The molecule has 2 amide bonds. The summed E-state index contributed by atoms with van der Waals surface area (Å²) in [6.07, 6.45) is -0.916. The molecule has 11 heteroatoms. The minimum Gasteiger partial charge on any atom is -0.465 e. The quantitative estimate of drug-likeness (QED) is 0.341. The molecule has 0 spiro atoms. The maximum atomic E-state index is 14.9. The topological polar surface area (TPSA) is 82.4 Å². The van der Waals surface area contributed by atoms with Crippen LogP contribution >= 0.6 is 11.8 Å². The minimum atomic E-state index is -1.37. The number of aliphatic imine (C=N–C) groups is 1. The number of halogens is 2. The van der Waals surface area contributed by atoms with Crippen LogP contribution in [0.4, 0.5) is 13.6 Å². The summed E-state index contributed by atoms with van der Waals surface area (Å²) in [6.45, 7) is 8.34. The molecule has 3 atom stereocenters. The molecule has 0 bridgehead atoms. The predicted molar refractivity (Wildman–Crippen MR) is 127 cm³/mol. The van der Waals surface area contributed by atoms with Crippen LogP contribution in [-0.2, 0) is 15.1 Å². The van der Waals surface area contributed by atoms with E-state index in [4.69, 9.17) is 4.74 Å². The number of thioether (sulfide) groups is 1. The smallest absolute Gasteiger partial charge is 0.415 e. The normalized spacial score (nSPS) is 26.3. The molecule has 0 unspecified atom stereocenters. The molecule has 182 valence electrons. The van der Waals surface area contributed by atoms with Crippen LogP contribution in [0.2, 0.25) is 25.7 Å². The van der Waals surface area contributed by atoms with E-state index in [1.165, 1.54) is 17.0 Å². The van der Waals surface area contributed by atoms with Gasteiger partial charge in [-0.1, -0.05) is 43.5 Å². The van der Waals surface area contributed by atoms with Gasteiger partial charge in [-0.3, -0.25) is 9.79 Å². The number of hydrogen-bond acceptors (Lipinski definition) is 5.